The standard InChI is InChI=1S/C19H21BrFNO4S/c1-4-26-18(23)19(2,3)22(13-14-7-5-6-8-17(14)21)27(24,25)16-11-9-15(20)10-12-16/h5-12H,4,13H2,1-3H3. The van der Waals surface area contributed by atoms with Crippen LogP contribution in [0.5, 0.6) is 0 Å². The smallest absolute Gasteiger partial charge is 0.327 e. The van der Waals surface area contributed by atoms with Gasteiger partial charge in [0.1, 0.15) is 11.4 Å². The molecule has 2 rings (SSSR count). The second kappa shape index (κ2) is 8.50. The van der Waals surface area contributed by atoms with Gasteiger partial charge < -0.3 is 4.74 Å². The van der Waals surface area contributed by atoms with Gasteiger partial charge in [-0.3, -0.25) is 4.79 Å². The molecule has 5 nitrogen and oxygen atoms in total. The van der Waals surface area contributed by atoms with Crippen LogP contribution in [0.2, 0.25) is 0 Å². The van der Waals surface area contributed by atoms with E-state index in [1.165, 1.54) is 44.2 Å². The third-order valence-electron chi connectivity index (χ3n) is 4.07. The van der Waals surface area contributed by atoms with E-state index < -0.39 is 27.3 Å². The topological polar surface area (TPSA) is 63.7 Å². The van der Waals surface area contributed by atoms with Crippen molar-refractivity contribution in [1.29, 1.82) is 0 Å². The van der Waals surface area contributed by atoms with Crippen LogP contribution < -0.4 is 0 Å². The molecule has 0 spiro atoms. The third kappa shape index (κ3) is 4.75. The van der Waals surface area contributed by atoms with Gasteiger partial charge in [0.2, 0.25) is 10.0 Å². The summed E-state index contributed by atoms with van der Waals surface area (Å²) in [5.41, 5.74) is -1.37. The van der Waals surface area contributed by atoms with Crippen LogP contribution in [0.15, 0.2) is 57.9 Å². The fraction of sp³-hybridized carbons (Fsp3) is 0.316. The summed E-state index contributed by atoms with van der Waals surface area (Å²) in [4.78, 5) is 12.5. The van der Waals surface area contributed by atoms with Gasteiger partial charge in [0, 0.05) is 16.6 Å². The minimum atomic E-state index is -4.11. The lowest BCUT2D eigenvalue weighted by Crippen LogP contribution is -2.53. The van der Waals surface area contributed by atoms with Crippen molar-refractivity contribution >= 4 is 31.9 Å². The van der Waals surface area contributed by atoms with Crippen LogP contribution in [0, 0.1) is 5.82 Å². The summed E-state index contributed by atoms with van der Waals surface area (Å²) in [6, 6.07) is 11.9. The van der Waals surface area contributed by atoms with Crippen LogP contribution in [-0.4, -0.2) is 30.8 Å². The summed E-state index contributed by atoms with van der Waals surface area (Å²) >= 11 is 3.26. The molecule has 2 aromatic rings. The first-order chi connectivity index (χ1) is 12.6. The van der Waals surface area contributed by atoms with Crippen LogP contribution in [-0.2, 0) is 26.1 Å². The zero-order valence-corrected chi connectivity index (χ0v) is 17.7. The number of carbonyl (C=O) groups excluding carboxylic acids is 1. The van der Waals surface area contributed by atoms with E-state index in [0.717, 1.165) is 4.31 Å². The van der Waals surface area contributed by atoms with Crippen LogP contribution in [0.3, 0.4) is 0 Å². The predicted molar refractivity (Wildman–Crippen MR) is 104 cm³/mol. The summed E-state index contributed by atoms with van der Waals surface area (Å²) < 4.78 is 47.5. The molecule has 0 aromatic heterocycles. The maximum absolute atomic E-state index is 14.2. The maximum Gasteiger partial charge on any atom is 0.327 e. The Morgan fingerprint density at radius 1 is 1.15 bits per heavy atom. The van der Waals surface area contributed by atoms with Gasteiger partial charge >= 0.3 is 5.97 Å². The Kier molecular flexibility index (Phi) is 6.77. The van der Waals surface area contributed by atoms with Gasteiger partial charge in [0.05, 0.1) is 11.5 Å². The Morgan fingerprint density at radius 2 is 1.74 bits per heavy atom. The molecular formula is C19H21BrFNO4S. The summed E-state index contributed by atoms with van der Waals surface area (Å²) in [5, 5.41) is 0. The highest BCUT2D eigenvalue weighted by molar-refractivity contribution is 9.10. The third-order valence-corrected chi connectivity index (χ3v) is 6.63. The molecule has 0 aliphatic rings. The number of rotatable bonds is 7. The van der Waals surface area contributed by atoms with Crippen molar-refractivity contribution in [2.75, 3.05) is 6.61 Å². The Morgan fingerprint density at radius 3 is 2.30 bits per heavy atom. The molecule has 2 aromatic carbocycles. The van der Waals surface area contributed by atoms with E-state index in [2.05, 4.69) is 15.9 Å². The normalized spacial score (nSPS) is 12.2. The molecule has 0 aliphatic heterocycles. The molecule has 0 radical (unpaired) electrons. The summed E-state index contributed by atoms with van der Waals surface area (Å²) in [6.45, 7) is 4.33. The highest BCUT2D eigenvalue weighted by Gasteiger charge is 2.44. The van der Waals surface area contributed by atoms with Gasteiger partial charge in [-0.25, -0.2) is 12.8 Å². The first kappa shape index (κ1) is 21.5. The number of nitrogens with zero attached hydrogens (tertiary/aromatic N) is 1. The number of ether oxygens (including phenoxy) is 1. The number of halogens is 2. The SMILES string of the molecule is CCOC(=O)C(C)(C)N(Cc1ccccc1F)S(=O)(=O)c1ccc(Br)cc1. The minimum absolute atomic E-state index is 0.000544. The van der Waals surface area contributed by atoms with E-state index >= 15 is 0 Å². The summed E-state index contributed by atoms with van der Waals surface area (Å²) in [7, 11) is -4.11. The number of esters is 1. The number of sulfonamides is 1. The minimum Gasteiger partial charge on any atom is -0.465 e. The second-order valence-corrected chi connectivity index (χ2v) is 9.11. The van der Waals surface area contributed by atoms with Gasteiger partial charge in [0.15, 0.2) is 0 Å². The summed E-state index contributed by atoms with van der Waals surface area (Å²) in [5.74, 6) is -1.25. The van der Waals surface area contributed by atoms with Gasteiger partial charge in [-0.2, -0.15) is 4.31 Å². The first-order valence-corrected chi connectivity index (χ1v) is 10.5. The lowest BCUT2D eigenvalue weighted by molar-refractivity contribution is -0.153. The zero-order valence-electron chi connectivity index (χ0n) is 15.3. The average molecular weight is 458 g/mol. The van der Waals surface area contributed by atoms with Crippen molar-refractivity contribution in [3.8, 4) is 0 Å². The highest BCUT2D eigenvalue weighted by atomic mass is 79.9. The van der Waals surface area contributed by atoms with Crippen molar-refractivity contribution in [1.82, 2.24) is 4.31 Å². The fourth-order valence-corrected chi connectivity index (χ4v) is 4.49. The molecule has 0 bridgehead atoms. The van der Waals surface area contributed by atoms with Gasteiger partial charge in [-0.05, 0) is 51.1 Å². The molecule has 146 valence electrons. The van der Waals surface area contributed by atoms with E-state index in [1.807, 2.05) is 0 Å². The van der Waals surface area contributed by atoms with Crippen molar-refractivity contribution in [3.63, 3.8) is 0 Å². The molecule has 0 aliphatic carbocycles. The van der Waals surface area contributed by atoms with Crippen molar-refractivity contribution < 1.29 is 22.3 Å². The number of hydrogen-bond acceptors (Lipinski definition) is 4. The number of carbonyl (C=O) groups is 1. The van der Waals surface area contributed by atoms with Gasteiger partial charge in [-0.1, -0.05) is 34.1 Å². The van der Waals surface area contributed by atoms with Crippen LogP contribution in [0.25, 0.3) is 0 Å². The van der Waals surface area contributed by atoms with E-state index in [1.54, 1.807) is 25.1 Å². The molecular weight excluding hydrogens is 437 g/mol. The van der Waals surface area contributed by atoms with Crippen LogP contribution in [0.1, 0.15) is 26.3 Å². The van der Waals surface area contributed by atoms with E-state index in [-0.39, 0.29) is 23.6 Å². The molecule has 0 amide bonds. The monoisotopic (exact) mass is 457 g/mol. The van der Waals surface area contributed by atoms with E-state index in [9.17, 15) is 17.6 Å². The Hall–Kier alpha value is -1.77. The Labute approximate surface area is 167 Å². The van der Waals surface area contributed by atoms with Gasteiger partial charge in [0.25, 0.3) is 0 Å². The maximum atomic E-state index is 14.2. The highest BCUT2D eigenvalue weighted by Crippen LogP contribution is 2.29. The van der Waals surface area contributed by atoms with Crippen molar-refractivity contribution in [2.45, 2.75) is 37.8 Å². The lowest BCUT2D eigenvalue weighted by Gasteiger charge is -2.35. The van der Waals surface area contributed by atoms with Crippen molar-refractivity contribution in [3.05, 3.63) is 64.4 Å². The van der Waals surface area contributed by atoms with Crippen LogP contribution in [0.4, 0.5) is 4.39 Å². The molecule has 0 unspecified atom stereocenters. The lowest BCUT2D eigenvalue weighted by atomic mass is 10.1. The number of benzene rings is 2. The fourth-order valence-electron chi connectivity index (χ4n) is 2.51. The Balaban J connectivity index is 2.56. The molecule has 0 N–H and O–H groups in total. The molecule has 8 heteroatoms. The zero-order chi connectivity index (χ0) is 20.2. The molecule has 27 heavy (non-hydrogen) atoms. The first-order valence-electron chi connectivity index (χ1n) is 8.29. The van der Waals surface area contributed by atoms with Crippen LogP contribution >= 0.6 is 15.9 Å². The quantitative estimate of drug-likeness (QED) is 0.586. The van der Waals surface area contributed by atoms with E-state index in [0.29, 0.717) is 4.47 Å². The molecule has 0 saturated carbocycles. The summed E-state index contributed by atoms with van der Waals surface area (Å²) in [6.07, 6.45) is 0. The van der Waals surface area contributed by atoms with E-state index in [4.69, 9.17) is 4.74 Å². The molecule has 0 atom stereocenters. The Bertz CT molecular complexity index is 914. The average Bonchev–Trinajstić information content (AvgIpc) is 2.61. The molecule has 0 fully saturated rings. The second-order valence-electron chi connectivity index (χ2n) is 6.34. The number of hydrogen-bond donors (Lipinski definition) is 0. The largest absolute Gasteiger partial charge is 0.465 e. The predicted octanol–water partition coefficient (Wildman–Crippen LogP) is 4.12. The molecule has 0 saturated heterocycles. The van der Waals surface area contributed by atoms with Crippen molar-refractivity contribution in [2.24, 2.45) is 0 Å². The van der Waals surface area contributed by atoms with Gasteiger partial charge in [-0.15, -0.1) is 0 Å². The molecule has 0 heterocycles.